The first-order chi connectivity index (χ1) is 13.3. The lowest BCUT2D eigenvalue weighted by Crippen LogP contribution is -1.85. The maximum absolute atomic E-state index is 9.77. The fourth-order valence-electron chi connectivity index (χ4n) is 1.78. The van der Waals surface area contributed by atoms with E-state index in [4.69, 9.17) is 23.5 Å². The third kappa shape index (κ3) is 11.2. The summed E-state index contributed by atoms with van der Waals surface area (Å²) in [5.41, 5.74) is 0. The van der Waals surface area contributed by atoms with Gasteiger partial charge in [-0.1, -0.05) is 6.08 Å². The highest BCUT2D eigenvalue weighted by atomic mass is 16.3. The van der Waals surface area contributed by atoms with Crippen molar-refractivity contribution in [2.75, 3.05) is 13.2 Å². The summed E-state index contributed by atoms with van der Waals surface area (Å²) in [7, 11) is 0. The van der Waals surface area contributed by atoms with Crippen molar-refractivity contribution < 1.29 is 28.3 Å². The highest BCUT2D eigenvalue weighted by molar-refractivity contribution is 5.72. The van der Waals surface area contributed by atoms with Crippen molar-refractivity contribution in [2.45, 2.75) is 12.8 Å². The van der Waals surface area contributed by atoms with Gasteiger partial charge in [-0.05, 0) is 61.0 Å². The van der Waals surface area contributed by atoms with Crippen molar-refractivity contribution in [3.63, 3.8) is 0 Å². The number of aryl methyl sites for hydroxylation is 1. The predicted octanol–water partition coefficient (Wildman–Crippen LogP) is 3.98. The first-order valence-electron chi connectivity index (χ1n) is 8.39. The van der Waals surface area contributed by atoms with Gasteiger partial charge in [-0.3, -0.25) is 4.79 Å². The fraction of sp³-hybridized carbons (Fsp3) is 0.190. The molecular formula is C21H24O6. The van der Waals surface area contributed by atoms with Crippen LogP contribution in [0, 0.1) is 0 Å². The molecule has 0 amide bonds. The molecule has 0 bridgehead atoms. The standard InChI is InChI=1S/C7H10O2.C7H8O2.C7H6O2/c3*8-5-1-3-7-4-2-6-9-7/h2,4,6,8H,1,3,5H2;1-4,6,8H,5H2;1-6H/b;2*3-1+. The largest absolute Gasteiger partial charge is 0.469 e. The fourth-order valence-corrected chi connectivity index (χ4v) is 1.78. The summed E-state index contributed by atoms with van der Waals surface area (Å²) in [5, 5.41) is 16.8. The van der Waals surface area contributed by atoms with E-state index in [1.54, 1.807) is 55.2 Å². The second kappa shape index (κ2) is 15.2. The number of rotatable bonds is 7. The van der Waals surface area contributed by atoms with E-state index in [1.165, 1.54) is 6.08 Å². The average Bonchev–Trinajstić information content (AvgIpc) is 3.47. The highest BCUT2D eigenvalue weighted by Crippen LogP contribution is 2.02. The Hall–Kier alpha value is -3.09. The Labute approximate surface area is 158 Å². The molecule has 0 aliphatic rings. The molecule has 0 radical (unpaired) electrons. The zero-order valence-electron chi connectivity index (χ0n) is 14.9. The third-order valence-corrected chi connectivity index (χ3v) is 2.97. The second-order valence-corrected chi connectivity index (χ2v) is 5.02. The van der Waals surface area contributed by atoms with Crippen LogP contribution in [0.15, 0.2) is 80.6 Å². The van der Waals surface area contributed by atoms with Crippen LogP contribution in [0.2, 0.25) is 0 Å². The van der Waals surface area contributed by atoms with Crippen molar-refractivity contribution in [1.29, 1.82) is 0 Å². The zero-order chi connectivity index (χ0) is 19.6. The first-order valence-corrected chi connectivity index (χ1v) is 8.39. The number of aldehydes is 1. The number of aliphatic hydroxyl groups is 2. The van der Waals surface area contributed by atoms with Gasteiger partial charge >= 0.3 is 0 Å². The molecule has 0 aliphatic carbocycles. The number of furan rings is 3. The van der Waals surface area contributed by atoms with Crippen molar-refractivity contribution in [3.8, 4) is 0 Å². The summed E-state index contributed by atoms with van der Waals surface area (Å²) in [5.74, 6) is 2.41. The molecule has 144 valence electrons. The lowest BCUT2D eigenvalue weighted by Gasteiger charge is -1.89. The molecule has 0 aliphatic heterocycles. The van der Waals surface area contributed by atoms with Crippen LogP contribution >= 0.6 is 0 Å². The van der Waals surface area contributed by atoms with Crippen molar-refractivity contribution in [2.24, 2.45) is 0 Å². The summed E-state index contributed by atoms with van der Waals surface area (Å²) >= 11 is 0. The number of aliphatic hydroxyl groups excluding tert-OH is 2. The number of carbonyl (C=O) groups excluding carboxylic acids is 1. The van der Waals surface area contributed by atoms with Crippen LogP contribution in [0.25, 0.3) is 12.2 Å². The quantitative estimate of drug-likeness (QED) is 0.481. The summed E-state index contributed by atoms with van der Waals surface area (Å²) in [6.45, 7) is 0.293. The molecule has 0 spiro atoms. The number of hydrogen-bond acceptors (Lipinski definition) is 6. The van der Waals surface area contributed by atoms with Gasteiger partial charge < -0.3 is 23.5 Å². The maximum Gasteiger partial charge on any atom is 0.142 e. The smallest absolute Gasteiger partial charge is 0.142 e. The van der Waals surface area contributed by atoms with Crippen molar-refractivity contribution in [3.05, 3.63) is 84.6 Å². The molecule has 0 saturated carbocycles. The SMILES string of the molecule is O=C/C=C/c1ccco1.OC/C=C/c1ccco1.OCCCc1ccco1. The Morgan fingerprint density at radius 3 is 1.96 bits per heavy atom. The van der Waals surface area contributed by atoms with E-state index in [0.717, 1.165) is 24.4 Å². The molecule has 3 aromatic heterocycles. The van der Waals surface area contributed by atoms with E-state index in [2.05, 4.69) is 0 Å². The van der Waals surface area contributed by atoms with E-state index in [9.17, 15) is 4.79 Å². The molecule has 0 unspecified atom stereocenters. The topological polar surface area (TPSA) is 97.0 Å². The molecule has 3 rings (SSSR count). The third-order valence-electron chi connectivity index (χ3n) is 2.97. The Bertz CT molecular complexity index is 722. The number of hydrogen-bond donors (Lipinski definition) is 2. The van der Waals surface area contributed by atoms with E-state index in [1.807, 2.05) is 18.2 Å². The van der Waals surface area contributed by atoms with E-state index in [0.29, 0.717) is 12.0 Å². The van der Waals surface area contributed by atoms with E-state index in [-0.39, 0.29) is 13.2 Å². The van der Waals surface area contributed by atoms with Crippen LogP contribution in [0.3, 0.4) is 0 Å². The Morgan fingerprint density at radius 2 is 1.48 bits per heavy atom. The molecule has 0 fully saturated rings. The van der Waals surface area contributed by atoms with Gasteiger partial charge in [0.25, 0.3) is 0 Å². The summed E-state index contributed by atoms with van der Waals surface area (Å²) in [6.07, 6.45) is 13.5. The van der Waals surface area contributed by atoms with Gasteiger partial charge in [0.15, 0.2) is 0 Å². The minimum Gasteiger partial charge on any atom is -0.469 e. The van der Waals surface area contributed by atoms with E-state index < -0.39 is 0 Å². The Morgan fingerprint density at radius 1 is 0.852 bits per heavy atom. The molecule has 3 aromatic rings. The van der Waals surface area contributed by atoms with Gasteiger partial charge in [-0.2, -0.15) is 0 Å². The molecule has 0 aromatic carbocycles. The molecule has 6 nitrogen and oxygen atoms in total. The van der Waals surface area contributed by atoms with Crippen LogP contribution in [-0.2, 0) is 11.2 Å². The van der Waals surface area contributed by atoms with Gasteiger partial charge in [-0.25, -0.2) is 0 Å². The van der Waals surface area contributed by atoms with E-state index >= 15 is 0 Å². The first kappa shape index (κ1) is 22.0. The minimum absolute atomic E-state index is 0.0562. The lowest BCUT2D eigenvalue weighted by atomic mass is 10.3. The summed E-state index contributed by atoms with van der Waals surface area (Å²) in [6, 6.07) is 10.9. The van der Waals surface area contributed by atoms with Crippen LogP contribution in [-0.4, -0.2) is 29.7 Å². The van der Waals surface area contributed by atoms with Crippen LogP contribution in [0.1, 0.15) is 23.7 Å². The monoisotopic (exact) mass is 372 g/mol. The van der Waals surface area contributed by atoms with Crippen molar-refractivity contribution in [1.82, 2.24) is 0 Å². The Kier molecular flexibility index (Phi) is 12.3. The van der Waals surface area contributed by atoms with Gasteiger partial charge in [0.05, 0.1) is 25.4 Å². The zero-order valence-corrected chi connectivity index (χ0v) is 14.9. The molecule has 6 heteroatoms. The molecule has 0 saturated heterocycles. The lowest BCUT2D eigenvalue weighted by molar-refractivity contribution is -0.104. The number of allylic oxidation sites excluding steroid dienone is 1. The molecule has 3 heterocycles. The number of carbonyl (C=O) groups is 1. The minimum atomic E-state index is 0.0562. The van der Waals surface area contributed by atoms with Gasteiger partial charge in [-0.15, -0.1) is 0 Å². The van der Waals surface area contributed by atoms with Gasteiger partial charge in [0.1, 0.15) is 23.6 Å². The van der Waals surface area contributed by atoms with Crippen LogP contribution in [0.5, 0.6) is 0 Å². The summed E-state index contributed by atoms with van der Waals surface area (Å²) < 4.78 is 14.9. The summed E-state index contributed by atoms with van der Waals surface area (Å²) in [4.78, 5) is 9.77. The second-order valence-electron chi connectivity index (χ2n) is 5.02. The Balaban J connectivity index is 0.000000202. The highest BCUT2D eigenvalue weighted by Gasteiger charge is 1.92. The van der Waals surface area contributed by atoms with Gasteiger partial charge in [0, 0.05) is 13.0 Å². The van der Waals surface area contributed by atoms with Crippen LogP contribution in [0.4, 0.5) is 0 Å². The van der Waals surface area contributed by atoms with Crippen LogP contribution < -0.4 is 0 Å². The molecular weight excluding hydrogens is 348 g/mol. The molecule has 27 heavy (non-hydrogen) atoms. The van der Waals surface area contributed by atoms with Gasteiger partial charge in [0.2, 0.25) is 0 Å². The normalized spacial score (nSPS) is 10.3. The molecule has 2 N–H and O–H groups in total. The average molecular weight is 372 g/mol. The predicted molar refractivity (Wildman–Crippen MR) is 103 cm³/mol. The molecule has 0 atom stereocenters. The maximum atomic E-state index is 9.77. The van der Waals surface area contributed by atoms with Crippen molar-refractivity contribution >= 4 is 18.4 Å².